The minimum Gasteiger partial charge on any atom is -0.506 e. The fourth-order valence-electron chi connectivity index (χ4n) is 15.0. The Balaban J connectivity index is 0.721. The molecule has 15 nitrogen and oxygen atoms in total. The molecule has 0 saturated carbocycles. The first-order valence-corrected chi connectivity index (χ1v) is 32.8. The number of nitrogens with zero attached hydrogens (tertiary/aromatic N) is 9. The van der Waals surface area contributed by atoms with Crippen molar-refractivity contribution < 1.29 is 19.5 Å². The Morgan fingerprint density at radius 2 is 1.52 bits per heavy atom. The summed E-state index contributed by atoms with van der Waals surface area (Å²) in [5.41, 5.74) is 15.5. The SMILES string of the molecule is CCN1c2cc3c(cc2C(C)CC1(C)C)C(c1ccccc1C(=O)N(C)CCCC(=O)NCCC(C)(CC)c1ccc(N=Nc2ccc(C(C)(CC)C(=O)NCc4ccc(-c5nnc(C)nn5)cc4)cc2)c(O)c1)=c1cc2c4c(c1C3(C)C)CCC[N+]=4CCC2. The molecule has 6 aromatic carbocycles. The van der Waals surface area contributed by atoms with E-state index in [1.54, 1.807) is 24.0 Å². The van der Waals surface area contributed by atoms with Gasteiger partial charge in [0.1, 0.15) is 24.5 Å². The van der Waals surface area contributed by atoms with Crippen LogP contribution in [0.15, 0.2) is 119 Å². The molecule has 4 heterocycles. The lowest BCUT2D eigenvalue weighted by Gasteiger charge is -2.48. The number of carbonyl (C=O) groups excluding carboxylic acids is 3. The minimum absolute atomic E-state index is 0.0107. The van der Waals surface area contributed by atoms with Gasteiger partial charge in [-0.1, -0.05) is 102 Å². The molecule has 1 aromatic heterocycles. The molecule has 0 radical (unpaired) electrons. The summed E-state index contributed by atoms with van der Waals surface area (Å²) in [6.45, 7) is 28.6. The number of amides is 3. The highest BCUT2D eigenvalue weighted by molar-refractivity contribution is 6.02. The molecule has 0 saturated heterocycles. The summed E-state index contributed by atoms with van der Waals surface area (Å²) in [5.74, 6) is 1.12. The Hall–Kier alpha value is -8.46. The highest BCUT2D eigenvalue weighted by Gasteiger charge is 2.43. The Morgan fingerprint density at radius 1 is 0.811 bits per heavy atom. The number of aryl methyl sites for hydroxylation is 2. The number of fused-ring (bicyclic) bond motifs is 4. The quantitative estimate of drug-likeness (QED) is 0.0494. The summed E-state index contributed by atoms with van der Waals surface area (Å²) in [6.07, 6.45) is 8.28. The van der Waals surface area contributed by atoms with Crippen molar-refractivity contribution in [3.8, 4) is 17.1 Å². The molecule has 3 unspecified atom stereocenters. The molecular formula is C75H90N11O4+. The van der Waals surface area contributed by atoms with E-state index in [1.807, 2.05) is 87.6 Å². The molecule has 3 atom stereocenters. The summed E-state index contributed by atoms with van der Waals surface area (Å²) < 4.78 is 2.65. The van der Waals surface area contributed by atoms with Gasteiger partial charge < -0.3 is 25.5 Å². The van der Waals surface area contributed by atoms with Crippen LogP contribution in [0.5, 0.6) is 5.75 Å². The topological polar surface area (TPSA) is 181 Å². The van der Waals surface area contributed by atoms with Gasteiger partial charge in [-0.15, -0.1) is 25.5 Å². The minimum atomic E-state index is -0.789. The number of azo groups is 1. The van der Waals surface area contributed by atoms with Crippen molar-refractivity contribution in [1.29, 1.82) is 0 Å². The number of aromatic hydroxyl groups is 1. The van der Waals surface area contributed by atoms with Crippen LogP contribution in [0.1, 0.15) is 198 Å². The van der Waals surface area contributed by atoms with Crippen LogP contribution in [-0.4, -0.2) is 93.4 Å². The maximum atomic E-state index is 15.0. The Labute approximate surface area is 531 Å². The third kappa shape index (κ3) is 12.1. The van der Waals surface area contributed by atoms with E-state index < -0.39 is 5.41 Å². The predicted molar refractivity (Wildman–Crippen MR) is 358 cm³/mol. The second-order valence-corrected chi connectivity index (χ2v) is 27.3. The third-order valence-electron chi connectivity index (χ3n) is 20.6. The van der Waals surface area contributed by atoms with Gasteiger partial charge in [0.2, 0.25) is 23.0 Å². The Bertz CT molecular complexity index is 4060. The summed E-state index contributed by atoms with van der Waals surface area (Å²) >= 11 is 0. The van der Waals surface area contributed by atoms with Gasteiger partial charge in [0.15, 0.2) is 5.82 Å². The van der Waals surface area contributed by atoms with Crippen LogP contribution in [-0.2, 0) is 45.2 Å². The highest BCUT2D eigenvalue weighted by Crippen LogP contribution is 2.50. The van der Waals surface area contributed by atoms with Crippen molar-refractivity contribution in [2.24, 2.45) is 10.2 Å². The molecule has 0 spiro atoms. The zero-order chi connectivity index (χ0) is 63.9. The molecule has 468 valence electrons. The van der Waals surface area contributed by atoms with Crippen LogP contribution < -0.4 is 30.7 Å². The fraction of sp³-hybridized carbons (Fsp3) is 0.440. The summed E-state index contributed by atoms with van der Waals surface area (Å²) in [6, 6.07) is 36.4. The van der Waals surface area contributed by atoms with E-state index in [-0.39, 0.29) is 46.3 Å². The number of hydrogen-bond donors (Lipinski definition) is 3. The van der Waals surface area contributed by atoms with Gasteiger partial charge in [0.25, 0.3) is 5.91 Å². The van der Waals surface area contributed by atoms with E-state index in [0.29, 0.717) is 73.4 Å². The predicted octanol–water partition coefficient (Wildman–Crippen LogP) is 12.5. The van der Waals surface area contributed by atoms with Crippen LogP contribution in [0.25, 0.3) is 17.0 Å². The van der Waals surface area contributed by atoms with Crippen molar-refractivity contribution in [2.75, 3.05) is 44.7 Å². The van der Waals surface area contributed by atoms with Gasteiger partial charge in [-0.3, -0.25) is 14.4 Å². The van der Waals surface area contributed by atoms with Crippen LogP contribution in [0.3, 0.4) is 0 Å². The molecule has 7 aromatic rings. The number of phenols is 1. The number of aromatic nitrogens is 4. The van der Waals surface area contributed by atoms with E-state index in [1.165, 1.54) is 55.2 Å². The summed E-state index contributed by atoms with van der Waals surface area (Å²) in [7, 11) is 1.87. The van der Waals surface area contributed by atoms with Gasteiger partial charge in [0, 0.05) is 91.4 Å². The molecule has 1 aliphatic carbocycles. The Kier molecular flexibility index (Phi) is 17.8. The molecule has 0 fully saturated rings. The number of anilines is 1. The lowest BCUT2D eigenvalue weighted by molar-refractivity contribution is -0.126. The maximum Gasteiger partial charge on any atom is 0.254 e. The van der Waals surface area contributed by atoms with Crippen LogP contribution >= 0.6 is 0 Å². The van der Waals surface area contributed by atoms with E-state index in [4.69, 9.17) is 0 Å². The maximum absolute atomic E-state index is 15.0. The number of phenolic OH excluding ortho intramolecular Hbond substituents is 1. The van der Waals surface area contributed by atoms with Gasteiger partial charge in [-0.2, -0.15) is 5.11 Å². The molecule has 90 heavy (non-hydrogen) atoms. The lowest BCUT2D eigenvalue weighted by atomic mass is 9.64. The largest absolute Gasteiger partial charge is 0.506 e. The van der Waals surface area contributed by atoms with Crippen LogP contribution in [0.4, 0.5) is 17.1 Å². The van der Waals surface area contributed by atoms with Gasteiger partial charge in [-0.05, 0) is 195 Å². The Morgan fingerprint density at radius 3 is 2.22 bits per heavy atom. The second-order valence-electron chi connectivity index (χ2n) is 27.3. The van der Waals surface area contributed by atoms with E-state index >= 15 is 0 Å². The van der Waals surface area contributed by atoms with E-state index in [2.05, 4.69) is 136 Å². The van der Waals surface area contributed by atoms with Crippen molar-refractivity contribution >= 4 is 40.4 Å². The number of benzene rings is 6. The second kappa shape index (κ2) is 25.4. The van der Waals surface area contributed by atoms with Crippen molar-refractivity contribution in [3.63, 3.8) is 0 Å². The smallest absolute Gasteiger partial charge is 0.254 e. The van der Waals surface area contributed by atoms with Crippen molar-refractivity contribution in [1.82, 2.24) is 40.5 Å². The zero-order valence-corrected chi connectivity index (χ0v) is 55.0. The van der Waals surface area contributed by atoms with E-state index in [0.717, 1.165) is 86.0 Å². The lowest BCUT2D eigenvalue weighted by Crippen LogP contribution is -2.50. The molecular weight excluding hydrogens is 1120 g/mol. The fourth-order valence-corrected chi connectivity index (χ4v) is 15.0. The number of nitrogens with one attached hydrogen (secondary N) is 2. The molecule has 3 N–H and O–H groups in total. The molecule has 4 aliphatic rings. The van der Waals surface area contributed by atoms with Crippen LogP contribution in [0, 0.1) is 6.92 Å². The third-order valence-corrected chi connectivity index (χ3v) is 20.6. The summed E-state index contributed by atoms with van der Waals surface area (Å²) in [4.78, 5) is 46.6. The molecule has 0 bridgehead atoms. The number of hydrogen-bond acceptors (Lipinski definition) is 11. The van der Waals surface area contributed by atoms with Crippen LogP contribution in [0.2, 0.25) is 0 Å². The molecule has 3 aliphatic heterocycles. The van der Waals surface area contributed by atoms with Gasteiger partial charge >= 0.3 is 0 Å². The number of carbonyl (C=O) groups is 3. The first-order chi connectivity index (χ1) is 43.1. The molecule has 3 amide bonds. The molecule has 11 rings (SSSR count). The number of rotatable bonds is 20. The average molecular weight is 1210 g/mol. The van der Waals surface area contributed by atoms with Gasteiger partial charge in [-0.25, -0.2) is 4.58 Å². The van der Waals surface area contributed by atoms with E-state index in [9.17, 15) is 19.5 Å². The van der Waals surface area contributed by atoms with Crippen molar-refractivity contribution in [2.45, 2.75) is 175 Å². The van der Waals surface area contributed by atoms with Gasteiger partial charge in [0.05, 0.1) is 11.1 Å². The normalized spacial score (nSPS) is 17.5. The average Bonchev–Trinajstić information content (AvgIpc) is 0.698. The summed E-state index contributed by atoms with van der Waals surface area (Å²) in [5, 5.41) is 45.3. The highest BCUT2D eigenvalue weighted by atomic mass is 16.3. The molecule has 15 heteroatoms. The monoisotopic (exact) mass is 1210 g/mol. The first-order valence-electron chi connectivity index (χ1n) is 32.8. The van der Waals surface area contributed by atoms with Crippen molar-refractivity contribution in [3.05, 3.63) is 187 Å². The zero-order valence-electron chi connectivity index (χ0n) is 55.0. The standard InChI is InChI=1S/C75H89N11O4/c1-13-74(10,53-32-35-62(64(87)42-53)81-80-54-33-30-52(31-34-54)75(11,14-2)71(90)77-46-49-26-28-50(29-27-49)69-82-78-48(5)79-83-69)36-37-76-65(88)25-20-38-84(12)70(89)56-23-17-16-22-55(56)66-59-43-58-47(4)45-72(6,7)86(15-3)63(58)44-61(59)73(8,9)67-57-24-19-40-85-39-18-21-51(68(57)85)41-60(66)67/h16-17,22-23,26-35,41-44,47H,13-15,18-21,24-25,36-40,45-46H2,1-12H3,(H2-,76,77,80,87,88,90)/p+1. The first kappa shape index (κ1) is 63.1.